The Morgan fingerprint density at radius 1 is 0.920 bits per heavy atom. The largest absolute Gasteiger partial charge is 0.495 e. The summed E-state index contributed by atoms with van der Waals surface area (Å²) in [6.07, 6.45) is 0. The van der Waals surface area contributed by atoms with Crippen LogP contribution < -0.4 is 15.4 Å². The van der Waals surface area contributed by atoms with Gasteiger partial charge in [-0.05, 0) is 44.2 Å². The van der Waals surface area contributed by atoms with Gasteiger partial charge in [-0.3, -0.25) is 0 Å². The number of ether oxygens (including phenoxy) is 1. The van der Waals surface area contributed by atoms with Crippen molar-refractivity contribution in [1.29, 1.82) is 0 Å². The molecular formula is C19H19ClN4O. The van der Waals surface area contributed by atoms with E-state index in [1.54, 1.807) is 19.2 Å². The lowest BCUT2D eigenvalue weighted by Gasteiger charge is -2.13. The number of hydrogen-bond acceptors (Lipinski definition) is 5. The van der Waals surface area contributed by atoms with E-state index in [4.69, 9.17) is 16.3 Å². The van der Waals surface area contributed by atoms with Crippen LogP contribution in [-0.4, -0.2) is 17.1 Å². The summed E-state index contributed by atoms with van der Waals surface area (Å²) in [6, 6.07) is 15.3. The molecule has 0 radical (unpaired) electrons. The van der Waals surface area contributed by atoms with Crippen molar-refractivity contribution in [1.82, 2.24) is 9.97 Å². The molecular weight excluding hydrogens is 336 g/mol. The van der Waals surface area contributed by atoms with Crippen molar-refractivity contribution < 1.29 is 4.74 Å². The highest BCUT2D eigenvalue weighted by molar-refractivity contribution is 6.31. The highest BCUT2D eigenvalue weighted by Gasteiger charge is 2.08. The predicted octanol–water partition coefficient (Wildman–Crippen LogP) is 5.24. The Hall–Kier alpha value is -2.79. The van der Waals surface area contributed by atoms with Crippen molar-refractivity contribution in [2.75, 3.05) is 17.7 Å². The first kappa shape index (κ1) is 17.0. The van der Waals surface area contributed by atoms with Crippen LogP contribution in [0.2, 0.25) is 5.02 Å². The molecule has 0 atom stereocenters. The summed E-state index contributed by atoms with van der Waals surface area (Å²) in [4.78, 5) is 8.95. The Labute approximate surface area is 152 Å². The standard InChI is InChI=1S/C19H19ClN4O/c1-12-4-7-15(8-5-12)22-19-21-13(2)10-18(24-19)23-16-11-14(20)6-9-17(16)25-3/h4-11H,1-3H3,(H2,21,22,23,24). The van der Waals surface area contributed by atoms with Gasteiger partial charge in [-0.25, -0.2) is 4.98 Å². The monoisotopic (exact) mass is 354 g/mol. The van der Waals surface area contributed by atoms with Gasteiger partial charge in [0.25, 0.3) is 0 Å². The maximum Gasteiger partial charge on any atom is 0.229 e. The topological polar surface area (TPSA) is 59.1 Å². The predicted molar refractivity (Wildman–Crippen MR) is 103 cm³/mol. The number of nitrogens with zero attached hydrogens (tertiary/aromatic N) is 2. The van der Waals surface area contributed by atoms with Gasteiger partial charge in [-0.15, -0.1) is 0 Å². The van der Waals surface area contributed by atoms with E-state index in [0.717, 1.165) is 17.1 Å². The van der Waals surface area contributed by atoms with Crippen LogP contribution >= 0.6 is 11.6 Å². The minimum atomic E-state index is 0.521. The van der Waals surface area contributed by atoms with Crippen molar-refractivity contribution in [3.63, 3.8) is 0 Å². The Morgan fingerprint density at radius 3 is 2.40 bits per heavy atom. The number of aryl methyl sites for hydroxylation is 2. The molecule has 0 amide bonds. The summed E-state index contributed by atoms with van der Waals surface area (Å²) in [7, 11) is 1.62. The van der Waals surface area contributed by atoms with Crippen LogP contribution in [0, 0.1) is 13.8 Å². The maximum atomic E-state index is 6.08. The van der Waals surface area contributed by atoms with Gasteiger partial charge in [0.15, 0.2) is 0 Å². The molecule has 0 bridgehead atoms. The van der Waals surface area contributed by atoms with E-state index in [1.165, 1.54) is 5.56 Å². The van der Waals surface area contributed by atoms with E-state index in [-0.39, 0.29) is 0 Å². The number of rotatable bonds is 5. The summed E-state index contributed by atoms with van der Waals surface area (Å²) >= 11 is 6.08. The number of nitrogens with one attached hydrogen (secondary N) is 2. The molecule has 0 unspecified atom stereocenters. The van der Waals surface area contributed by atoms with Crippen molar-refractivity contribution in [3.05, 3.63) is 64.8 Å². The van der Waals surface area contributed by atoms with Crippen LogP contribution in [0.1, 0.15) is 11.3 Å². The van der Waals surface area contributed by atoms with Gasteiger partial charge in [0, 0.05) is 22.5 Å². The zero-order chi connectivity index (χ0) is 17.8. The Balaban J connectivity index is 1.87. The highest BCUT2D eigenvalue weighted by Crippen LogP contribution is 2.30. The lowest BCUT2D eigenvalue weighted by atomic mass is 10.2. The molecule has 2 N–H and O–H groups in total. The minimum absolute atomic E-state index is 0.521. The molecule has 0 spiro atoms. The summed E-state index contributed by atoms with van der Waals surface area (Å²) in [6.45, 7) is 3.97. The molecule has 3 rings (SSSR count). The molecule has 0 aliphatic heterocycles. The highest BCUT2D eigenvalue weighted by atomic mass is 35.5. The Kier molecular flexibility index (Phi) is 5.05. The minimum Gasteiger partial charge on any atom is -0.495 e. The molecule has 1 heterocycles. The van der Waals surface area contributed by atoms with E-state index >= 15 is 0 Å². The van der Waals surface area contributed by atoms with Crippen LogP contribution in [0.5, 0.6) is 5.75 Å². The third kappa shape index (κ3) is 4.39. The molecule has 6 heteroatoms. The van der Waals surface area contributed by atoms with Gasteiger partial charge >= 0.3 is 0 Å². The first-order chi connectivity index (χ1) is 12.0. The van der Waals surface area contributed by atoms with Gasteiger partial charge in [-0.1, -0.05) is 29.3 Å². The SMILES string of the molecule is COc1ccc(Cl)cc1Nc1cc(C)nc(Nc2ccc(C)cc2)n1. The summed E-state index contributed by atoms with van der Waals surface area (Å²) < 4.78 is 5.36. The lowest BCUT2D eigenvalue weighted by Crippen LogP contribution is -2.03. The molecule has 128 valence electrons. The van der Waals surface area contributed by atoms with Gasteiger partial charge in [0.05, 0.1) is 12.8 Å². The zero-order valence-corrected chi connectivity index (χ0v) is 15.1. The first-order valence-electron chi connectivity index (χ1n) is 7.83. The molecule has 25 heavy (non-hydrogen) atoms. The van der Waals surface area contributed by atoms with Crippen molar-refractivity contribution in [2.45, 2.75) is 13.8 Å². The second-order valence-corrected chi connectivity index (χ2v) is 6.12. The number of methoxy groups -OCH3 is 1. The van der Waals surface area contributed by atoms with E-state index < -0.39 is 0 Å². The van der Waals surface area contributed by atoms with Crippen LogP contribution in [0.25, 0.3) is 0 Å². The van der Waals surface area contributed by atoms with Crippen LogP contribution in [-0.2, 0) is 0 Å². The molecule has 0 saturated carbocycles. The molecule has 3 aromatic rings. The van der Waals surface area contributed by atoms with Crippen molar-refractivity contribution in [2.24, 2.45) is 0 Å². The summed E-state index contributed by atoms with van der Waals surface area (Å²) in [5.41, 5.74) is 3.72. The molecule has 0 saturated heterocycles. The fraction of sp³-hybridized carbons (Fsp3) is 0.158. The number of benzene rings is 2. The molecule has 2 aromatic carbocycles. The first-order valence-corrected chi connectivity index (χ1v) is 8.21. The van der Waals surface area contributed by atoms with E-state index in [0.29, 0.717) is 22.5 Å². The molecule has 5 nitrogen and oxygen atoms in total. The molecule has 0 aliphatic carbocycles. The van der Waals surface area contributed by atoms with Crippen molar-refractivity contribution >= 4 is 34.7 Å². The van der Waals surface area contributed by atoms with E-state index in [9.17, 15) is 0 Å². The number of aromatic nitrogens is 2. The van der Waals surface area contributed by atoms with Gasteiger partial charge in [0.2, 0.25) is 5.95 Å². The van der Waals surface area contributed by atoms with Gasteiger partial charge in [-0.2, -0.15) is 4.98 Å². The average Bonchev–Trinajstić information content (AvgIpc) is 2.57. The Morgan fingerprint density at radius 2 is 1.68 bits per heavy atom. The van der Waals surface area contributed by atoms with Crippen LogP contribution in [0.4, 0.5) is 23.1 Å². The third-order valence-electron chi connectivity index (χ3n) is 3.59. The second-order valence-electron chi connectivity index (χ2n) is 5.68. The molecule has 0 aliphatic rings. The second kappa shape index (κ2) is 7.40. The molecule has 0 fully saturated rings. The van der Waals surface area contributed by atoms with Gasteiger partial charge in [0.1, 0.15) is 11.6 Å². The van der Waals surface area contributed by atoms with E-state index in [2.05, 4.69) is 20.6 Å². The smallest absolute Gasteiger partial charge is 0.229 e. The zero-order valence-electron chi connectivity index (χ0n) is 14.3. The summed E-state index contributed by atoms with van der Waals surface area (Å²) in [5.74, 6) is 1.86. The van der Waals surface area contributed by atoms with Crippen LogP contribution in [0.15, 0.2) is 48.5 Å². The van der Waals surface area contributed by atoms with Gasteiger partial charge < -0.3 is 15.4 Å². The lowest BCUT2D eigenvalue weighted by molar-refractivity contribution is 0.417. The summed E-state index contributed by atoms with van der Waals surface area (Å²) in [5, 5.41) is 7.08. The fourth-order valence-electron chi connectivity index (χ4n) is 2.37. The Bertz CT molecular complexity index is 881. The average molecular weight is 355 g/mol. The number of halogens is 1. The third-order valence-corrected chi connectivity index (χ3v) is 3.82. The number of hydrogen-bond donors (Lipinski definition) is 2. The quantitative estimate of drug-likeness (QED) is 0.656. The van der Waals surface area contributed by atoms with Crippen LogP contribution in [0.3, 0.4) is 0 Å². The number of anilines is 4. The molecule has 1 aromatic heterocycles. The fourth-order valence-corrected chi connectivity index (χ4v) is 2.54. The maximum absolute atomic E-state index is 6.08. The van der Waals surface area contributed by atoms with Crippen molar-refractivity contribution in [3.8, 4) is 5.75 Å². The normalized spacial score (nSPS) is 10.4. The van der Waals surface area contributed by atoms with E-state index in [1.807, 2.05) is 50.2 Å².